The van der Waals surface area contributed by atoms with E-state index in [1.165, 1.54) is 0 Å². The van der Waals surface area contributed by atoms with Crippen molar-refractivity contribution in [3.63, 3.8) is 0 Å². The van der Waals surface area contributed by atoms with E-state index in [1.54, 1.807) is 24.3 Å². The van der Waals surface area contributed by atoms with Crippen LogP contribution < -0.4 is 16.8 Å². The summed E-state index contributed by atoms with van der Waals surface area (Å²) in [6.45, 7) is 3.94. The molecule has 0 radical (unpaired) electrons. The number of primary amides is 1. The van der Waals surface area contributed by atoms with Gasteiger partial charge < -0.3 is 16.8 Å². The highest BCUT2D eigenvalue weighted by atomic mass is 16.2. The van der Waals surface area contributed by atoms with Gasteiger partial charge in [-0.25, -0.2) is 0 Å². The minimum atomic E-state index is -0.491. The van der Waals surface area contributed by atoms with Crippen LogP contribution in [0.3, 0.4) is 0 Å². The number of anilines is 1. The monoisotopic (exact) mass is 249 g/mol. The summed E-state index contributed by atoms with van der Waals surface area (Å²) < 4.78 is 0. The van der Waals surface area contributed by atoms with Crippen LogP contribution in [-0.2, 0) is 4.79 Å². The second-order valence-electron chi connectivity index (χ2n) is 4.60. The molecule has 1 aromatic carbocycles. The summed E-state index contributed by atoms with van der Waals surface area (Å²) in [5, 5.41) is 2.72. The van der Waals surface area contributed by atoms with Crippen LogP contribution in [0.4, 0.5) is 5.69 Å². The Kier molecular flexibility index (Phi) is 4.85. The maximum Gasteiger partial charge on any atom is 0.248 e. The molecule has 1 atom stereocenters. The topological polar surface area (TPSA) is 98.2 Å². The van der Waals surface area contributed by atoms with Gasteiger partial charge in [-0.05, 0) is 30.2 Å². The number of hydrogen-bond donors (Lipinski definition) is 3. The van der Waals surface area contributed by atoms with Gasteiger partial charge in [0.05, 0.1) is 0 Å². The molecule has 0 heterocycles. The van der Waals surface area contributed by atoms with Crippen LogP contribution in [0.15, 0.2) is 24.3 Å². The van der Waals surface area contributed by atoms with Gasteiger partial charge in [0.25, 0.3) is 0 Å². The zero-order chi connectivity index (χ0) is 13.7. The number of benzene rings is 1. The van der Waals surface area contributed by atoms with Crippen molar-refractivity contribution in [3.05, 3.63) is 29.8 Å². The molecule has 0 bridgehead atoms. The standard InChI is InChI=1S/C13H19N3O2/c1-8(2)11(14)7-12(17)16-10-5-3-9(4-6-10)13(15)18/h3-6,8,11H,7,14H2,1-2H3,(H2,15,18)(H,16,17). The van der Waals surface area contributed by atoms with Crippen molar-refractivity contribution in [2.24, 2.45) is 17.4 Å². The largest absolute Gasteiger partial charge is 0.366 e. The Morgan fingerprint density at radius 2 is 1.78 bits per heavy atom. The third kappa shape index (κ3) is 4.18. The van der Waals surface area contributed by atoms with E-state index in [-0.39, 0.29) is 24.3 Å². The highest BCUT2D eigenvalue weighted by molar-refractivity contribution is 5.94. The minimum absolute atomic E-state index is 0.136. The van der Waals surface area contributed by atoms with Gasteiger partial charge >= 0.3 is 0 Å². The summed E-state index contributed by atoms with van der Waals surface area (Å²) in [5.41, 5.74) is 12.0. The predicted octanol–water partition coefficient (Wildman–Crippen LogP) is 1.10. The molecule has 98 valence electrons. The highest BCUT2D eigenvalue weighted by Gasteiger charge is 2.13. The van der Waals surface area contributed by atoms with Crippen LogP contribution in [0.25, 0.3) is 0 Å². The van der Waals surface area contributed by atoms with Crippen molar-refractivity contribution >= 4 is 17.5 Å². The molecular formula is C13H19N3O2. The number of hydrogen-bond acceptors (Lipinski definition) is 3. The molecule has 0 spiro atoms. The summed E-state index contributed by atoms with van der Waals surface area (Å²) in [5.74, 6) is -0.370. The van der Waals surface area contributed by atoms with Crippen molar-refractivity contribution < 1.29 is 9.59 Å². The molecule has 0 aliphatic rings. The van der Waals surface area contributed by atoms with Crippen LogP contribution >= 0.6 is 0 Å². The van der Waals surface area contributed by atoms with E-state index >= 15 is 0 Å². The molecule has 18 heavy (non-hydrogen) atoms. The Bertz CT molecular complexity index is 426. The molecular weight excluding hydrogens is 230 g/mol. The number of amides is 2. The van der Waals surface area contributed by atoms with E-state index in [0.717, 1.165) is 0 Å². The fourth-order valence-electron chi connectivity index (χ4n) is 1.38. The van der Waals surface area contributed by atoms with Crippen molar-refractivity contribution in [3.8, 4) is 0 Å². The number of carbonyl (C=O) groups excluding carboxylic acids is 2. The van der Waals surface area contributed by atoms with Gasteiger partial charge in [-0.3, -0.25) is 9.59 Å². The van der Waals surface area contributed by atoms with E-state index < -0.39 is 5.91 Å². The van der Waals surface area contributed by atoms with Gasteiger partial charge in [0.1, 0.15) is 0 Å². The van der Waals surface area contributed by atoms with Crippen molar-refractivity contribution in [2.75, 3.05) is 5.32 Å². The lowest BCUT2D eigenvalue weighted by atomic mass is 10.0. The van der Waals surface area contributed by atoms with Crippen LogP contribution in [-0.4, -0.2) is 17.9 Å². The maximum absolute atomic E-state index is 11.7. The smallest absolute Gasteiger partial charge is 0.248 e. The Hall–Kier alpha value is -1.88. The van der Waals surface area contributed by atoms with Gasteiger partial charge in [-0.1, -0.05) is 13.8 Å². The van der Waals surface area contributed by atoms with Gasteiger partial charge in [0.15, 0.2) is 0 Å². The fourth-order valence-corrected chi connectivity index (χ4v) is 1.38. The third-order valence-electron chi connectivity index (χ3n) is 2.73. The lowest BCUT2D eigenvalue weighted by Crippen LogP contribution is -2.31. The van der Waals surface area contributed by atoms with Crippen LogP contribution in [0.1, 0.15) is 30.6 Å². The second-order valence-corrected chi connectivity index (χ2v) is 4.60. The number of carbonyl (C=O) groups is 2. The summed E-state index contributed by atoms with van der Waals surface area (Å²) in [6.07, 6.45) is 0.273. The highest BCUT2D eigenvalue weighted by Crippen LogP contribution is 2.11. The van der Waals surface area contributed by atoms with Gasteiger partial charge in [-0.15, -0.1) is 0 Å². The van der Waals surface area contributed by atoms with E-state index in [4.69, 9.17) is 11.5 Å². The number of nitrogens with one attached hydrogen (secondary N) is 1. The van der Waals surface area contributed by atoms with Crippen LogP contribution in [0.5, 0.6) is 0 Å². The molecule has 5 nitrogen and oxygen atoms in total. The minimum Gasteiger partial charge on any atom is -0.366 e. The average molecular weight is 249 g/mol. The summed E-state index contributed by atoms with van der Waals surface area (Å²) >= 11 is 0. The second kappa shape index (κ2) is 6.16. The molecule has 0 aliphatic carbocycles. The molecule has 0 aromatic heterocycles. The van der Waals surface area contributed by atoms with Crippen molar-refractivity contribution in [1.82, 2.24) is 0 Å². The quantitative estimate of drug-likeness (QED) is 0.728. The predicted molar refractivity (Wildman–Crippen MR) is 71.0 cm³/mol. The van der Waals surface area contributed by atoms with Crippen LogP contribution in [0.2, 0.25) is 0 Å². The lowest BCUT2D eigenvalue weighted by molar-refractivity contribution is -0.116. The Morgan fingerprint density at radius 1 is 1.22 bits per heavy atom. The summed E-state index contributed by atoms with van der Waals surface area (Å²) in [4.78, 5) is 22.5. The fraction of sp³-hybridized carbons (Fsp3) is 0.385. The molecule has 2 amide bonds. The van der Waals surface area contributed by atoms with Crippen LogP contribution in [0, 0.1) is 5.92 Å². The first kappa shape index (κ1) is 14.2. The first-order valence-corrected chi connectivity index (χ1v) is 5.85. The van der Waals surface area contributed by atoms with Gasteiger partial charge in [0.2, 0.25) is 11.8 Å². The molecule has 1 rings (SSSR count). The van der Waals surface area contributed by atoms with Crippen molar-refractivity contribution in [1.29, 1.82) is 0 Å². The van der Waals surface area contributed by atoms with E-state index in [2.05, 4.69) is 5.32 Å². The molecule has 0 saturated heterocycles. The Morgan fingerprint density at radius 3 is 2.22 bits per heavy atom. The zero-order valence-electron chi connectivity index (χ0n) is 10.6. The molecule has 5 heteroatoms. The summed E-state index contributed by atoms with van der Waals surface area (Å²) in [7, 11) is 0. The van der Waals surface area contributed by atoms with E-state index in [9.17, 15) is 9.59 Å². The third-order valence-corrected chi connectivity index (χ3v) is 2.73. The molecule has 1 unspecified atom stereocenters. The summed E-state index contributed by atoms with van der Waals surface area (Å²) in [6, 6.07) is 6.26. The SMILES string of the molecule is CC(C)C(N)CC(=O)Nc1ccc(C(N)=O)cc1. The Labute approximate surface area is 107 Å². The molecule has 5 N–H and O–H groups in total. The van der Waals surface area contributed by atoms with Crippen molar-refractivity contribution in [2.45, 2.75) is 26.3 Å². The number of nitrogens with two attached hydrogens (primary N) is 2. The lowest BCUT2D eigenvalue weighted by Gasteiger charge is -2.15. The Balaban J connectivity index is 2.57. The molecule has 0 aliphatic heterocycles. The van der Waals surface area contributed by atoms with E-state index in [1.807, 2.05) is 13.8 Å². The first-order chi connectivity index (χ1) is 8.40. The van der Waals surface area contributed by atoms with Gasteiger partial charge in [-0.2, -0.15) is 0 Å². The zero-order valence-corrected chi connectivity index (χ0v) is 10.6. The first-order valence-electron chi connectivity index (χ1n) is 5.85. The maximum atomic E-state index is 11.7. The average Bonchev–Trinajstić information content (AvgIpc) is 2.29. The van der Waals surface area contributed by atoms with Gasteiger partial charge in [0, 0.05) is 23.7 Å². The molecule has 0 fully saturated rings. The molecule has 0 saturated carbocycles. The van der Waals surface area contributed by atoms with E-state index in [0.29, 0.717) is 11.3 Å². The molecule has 1 aromatic rings. The number of rotatable bonds is 5. The normalized spacial score (nSPS) is 12.2.